The highest BCUT2D eigenvalue weighted by Crippen LogP contribution is 2.10. The van der Waals surface area contributed by atoms with Crippen molar-refractivity contribution in [2.75, 3.05) is 11.0 Å². The largest absolute Gasteiger partial charge is 0.481 e. The Bertz CT molecular complexity index is 391. The predicted molar refractivity (Wildman–Crippen MR) is 116 cm³/mol. The van der Waals surface area contributed by atoms with Gasteiger partial charge in [0.05, 0.1) is 4.43 Å². The molecule has 0 rings (SSSR count). The van der Waals surface area contributed by atoms with Crippen LogP contribution in [0, 0.1) is 12.0 Å². The number of ether oxygens (including phenoxy) is 1. The lowest BCUT2D eigenvalue weighted by Gasteiger charge is -2.00. The maximum Gasteiger partial charge on any atom is 0.421 e. The minimum absolute atomic E-state index is 0.343. The van der Waals surface area contributed by atoms with Crippen molar-refractivity contribution in [3.63, 3.8) is 0 Å². The Labute approximate surface area is 173 Å². The third-order valence-electron chi connectivity index (χ3n) is 3.58. The number of alkyl halides is 1. The highest BCUT2D eigenvalue weighted by Gasteiger charge is 1.97. The fraction of sp³-hybridized carbons (Fsp3) is 0.800. The molecule has 0 saturated carbocycles. The number of carbonyl (C=O) groups excluding carboxylic acids is 1. The second-order valence-electron chi connectivity index (χ2n) is 6.05. The Morgan fingerprint density at radius 3 is 1.96 bits per heavy atom. The van der Waals surface area contributed by atoms with Crippen LogP contribution in [0.2, 0.25) is 0 Å². The van der Waals surface area contributed by atoms with E-state index in [1.165, 1.54) is 44.9 Å². The zero-order chi connectivity index (χ0) is 19.9. The summed E-state index contributed by atoms with van der Waals surface area (Å²) < 4.78 is 5.18. The molecule has 0 atom stereocenters. The van der Waals surface area contributed by atoms with Gasteiger partial charge < -0.3 is 15.2 Å². The number of carboxylic acids is 1. The van der Waals surface area contributed by atoms with E-state index in [4.69, 9.17) is 5.11 Å². The van der Waals surface area contributed by atoms with Crippen LogP contribution in [0.4, 0.5) is 4.79 Å². The molecule has 0 bridgehead atoms. The SMILES string of the molecule is CCCCCCCCCCCC(=O)O.CCCCNC(=O)OC#CCI. The molecular weight excluding hydrogens is 445 g/mol. The van der Waals surface area contributed by atoms with E-state index < -0.39 is 12.1 Å². The highest BCUT2D eigenvalue weighted by atomic mass is 127. The quantitative estimate of drug-likeness (QED) is 0.149. The van der Waals surface area contributed by atoms with Gasteiger partial charge in [-0.25, -0.2) is 4.79 Å². The van der Waals surface area contributed by atoms with Gasteiger partial charge in [0.2, 0.25) is 0 Å². The lowest BCUT2D eigenvalue weighted by molar-refractivity contribution is -0.137. The van der Waals surface area contributed by atoms with Crippen LogP contribution < -0.4 is 5.32 Å². The van der Waals surface area contributed by atoms with E-state index in [1.54, 1.807) is 0 Å². The topological polar surface area (TPSA) is 75.6 Å². The first-order valence-corrected chi connectivity index (χ1v) is 11.3. The van der Waals surface area contributed by atoms with Crippen molar-refractivity contribution in [1.29, 1.82) is 0 Å². The van der Waals surface area contributed by atoms with Crippen molar-refractivity contribution < 1.29 is 19.4 Å². The molecule has 0 spiro atoms. The Balaban J connectivity index is 0. The molecule has 2 N–H and O–H groups in total. The Morgan fingerprint density at radius 2 is 1.46 bits per heavy atom. The van der Waals surface area contributed by atoms with E-state index in [1.807, 2.05) is 0 Å². The van der Waals surface area contributed by atoms with Crippen LogP contribution in [0.5, 0.6) is 0 Å². The number of amides is 1. The zero-order valence-electron chi connectivity index (χ0n) is 16.4. The number of hydrogen-bond donors (Lipinski definition) is 2. The standard InChI is InChI=1S/C12H24O2.C8H12INO2/c1-2-3-4-5-6-7-8-9-10-11-12(13)14;1-2-3-6-10-8(11)12-7-4-5-9/h2-11H2,1H3,(H,13,14);2-3,5-6H2,1H3,(H,10,11). The van der Waals surface area contributed by atoms with Gasteiger partial charge in [0.1, 0.15) is 6.11 Å². The van der Waals surface area contributed by atoms with Crippen LogP contribution in [0.25, 0.3) is 0 Å². The second kappa shape index (κ2) is 24.0. The summed E-state index contributed by atoms with van der Waals surface area (Å²) in [5.41, 5.74) is 0. The molecule has 152 valence electrons. The van der Waals surface area contributed by atoms with E-state index in [2.05, 4.69) is 58.5 Å². The van der Waals surface area contributed by atoms with Crippen molar-refractivity contribution in [1.82, 2.24) is 5.32 Å². The van der Waals surface area contributed by atoms with Gasteiger partial charge in [0.15, 0.2) is 0 Å². The summed E-state index contributed by atoms with van der Waals surface area (Å²) in [7, 11) is 0. The first-order valence-electron chi connectivity index (χ1n) is 9.78. The number of alkyl carbamates (subject to hydrolysis) is 1. The molecule has 0 radical (unpaired) electrons. The highest BCUT2D eigenvalue weighted by molar-refractivity contribution is 14.1. The molecule has 0 fully saturated rings. The number of unbranched alkanes of at least 4 members (excludes halogenated alkanes) is 9. The molecule has 6 heteroatoms. The van der Waals surface area contributed by atoms with Crippen LogP contribution in [-0.4, -0.2) is 28.1 Å². The molecular formula is C20H36INO4. The summed E-state index contributed by atoms with van der Waals surface area (Å²) in [6.45, 7) is 4.94. The summed E-state index contributed by atoms with van der Waals surface area (Å²) >= 11 is 2.08. The minimum atomic E-state index is -0.659. The van der Waals surface area contributed by atoms with Crippen molar-refractivity contribution in [3.8, 4) is 12.0 Å². The van der Waals surface area contributed by atoms with Crippen LogP contribution in [0.3, 0.4) is 0 Å². The zero-order valence-corrected chi connectivity index (χ0v) is 18.6. The molecule has 0 aromatic carbocycles. The molecule has 5 nitrogen and oxygen atoms in total. The lowest BCUT2D eigenvalue weighted by atomic mass is 10.1. The van der Waals surface area contributed by atoms with E-state index in [0.29, 0.717) is 17.4 Å². The number of hydrogen-bond acceptors (Lipinski definition) is 3. The monoisotopic (exact) mass is 481 g/mol. The molecule has 0 aromatic rings. The van der Waals surface area contributed by atoms with Crippen LogP contribution >= 0.6 is 22.6 Å². The van der Waals surface area contributed by atoms with Crippen molar-refractivity contribution in [2.45, 2.75) is 90.9 Å². The van der Waals surface area contributed by atoms with Crippen molar-refractivity contribution in [3.05, 3.63) is 0 Å². The molecule has 1 amide bonds. The van der Waals surface area contributed by atoms with Crippen LogP contribution in [0.15, 0.2) is 0 Å². The Kier molecular flexibility index (Phi) is 25.2. The third-order valence-corrected chi connectivity index (χ3v) is 3.96. The average molecular weight is 481 g/mol. The number of carboxylic acid groups (broad SMARTS) is 1. The number of aliphatic carboxylic acids is 1. The number of carbonyl (C=O) groups is 2. The smallest absolute Gasteiger partial charge is 0.421 e. The molecule has 0 aliphatic carbocycles. The third kappa shape index (κ3) is 27.9. The van der Waals surface area contributed by atoms with Crippen molar-refractivity contribution >= 4 is 34.7 Å². The summed E-state index contributed by atoms with van der Waals surface area (Å²) in [6.07, 6.45) is 15.3. The first kappa shape index (κ1) is 27.3. The molecule has 0 unspecified atom stereocenters. The van der Waals surface area contributed by atoms with Gasteiger partial charge in [-0.2, -0.15) is 0 Å². The number of halogens is 1. The number of rotatable bonds is 13. The summed E-state index contributed by atoms with van der Waals surface area (Å²) in [6, 6.07) is 0. The van der Waals surface area contributed by atoms with Gasteiger partial charge in [-0.1, -0.05) is 94.2 Å². The van der Waals surface area contributed by atoms with E-state index in [0.717, 1.165) is 25.7 Å². The summed E-state index contributed by atoms with van der Waals surface area (Å²) in [5.74, 6) is 1.96. The van der Waals surface area contributed by atoms with Crippen LogP contribution in [-0.2, 0) is 9.53 Å². The van der Waals surface area contributed by atoms with Crippen LogP contribution in [0.1, 0.15) is 90.9 Å². The summed E-state index contributed by atoms with van der Waals surface area (Å²) in [4.78, 5) is 21.0. The predicted octanol–water partition coefficient (Wildman–Crippen LogP) is 5.90. The maximum absolute atomic E-state index is 10.8. The van der Waals surface area contributed by atoms with E-state index in [9.17, 15) is 9.59 Å². The molecule has 0 aliphatic heterocycles. The second-order valence-corrected chi connectivity index (χ2v) is 6.82. The van der Waals surface area contributed by atoms with Gasteiger partial charge >= 0.3 is 12.1 Å². The Morgan fingerprint density at radius 1 is 0.923 bits per heavy atom. The van der Waals surface area contributed by atoms with Gasteiger partial charge in [0, 0.05) is 13.0 Å². The fourth-order valence-electron chi connectivity index (χ4n) is 2.10. The average Bonchev–Trinajstić information content (AvgIpc) is 2.61. The minimum Gasteiger partial charge on any atom is -0.481 e. The Hall–Kier alpha value is -0.970. The summed E-state index contributed by atoms with van der Waals surface area (Å²) in [5, 5.41) is 11.0. The maximum atomic E-state index is 10.8. The van der Waals surface area contributed by atoms with Gasteiger partial charge in [-0.3, -0.25) is 4.79 Å². The molecule has 0 aliphatic rings. The first-order chi connectivity index (χ1) is 12.6. The number of nitrogens with one attached hydrogen (secondary N) is 1. The van der Waals surface area contributed by atoms with E-state index in [-0.39, 0.29) is 0 Å². The molecule has 0 aromatic heterocycles. The molecule has 0 saturated heterocycles. The van der Waals surface area contributed by atoms with Gasteiger partial charge in [-0.15, -0.1) is 0 Å². The normalized spacial score (nSPS) is 9.35. The lowest BCUT2D eigenvalue weighted by Crippen LogP contribution is -2.23. The van der Waals surface area contributed by atoms with Gasteiger partial charge in [0.25, 0.3) is 0 Å². The van der Waals surface area contributed by atoms with Crippen molar-refractivity contribution in [2.24, 2.45) is 0 Å². The molecule has 0 heterocycles. The fourth-order valence-corrected chi connectivity index (χ4v) is 2.26. The van der Waals surface area contributed by atoms with E-state index >= 15 is 0 Å². The van der Waals surface area contributed by atoms with Gasteiger partial charge in [-0.05, 0) is 18.8 Å². The molecule has 26 heavy (non-hydrogen) atoms.